The van der Waals surface area contributed by atoms with Crippen LogP contribution in [0.1, 0.15) is 94.4 Å². The number of nitrogens with one attached hydrogen (secondary N) is 1. The lowest BCUT2D eigenvalue weighted by Crippen LogP contribution is -2.48. The summed E-state index contributed by atoms with van der Waals surface area (Å²) in [5, 5.41) is 14.4. The van der Waals surface area contributed by atoms with Crippen molar-refractivity contribution in [3.63, 3.8) is 0 Å². The Morgan fingerprint density at radius 3 is 2.44 bits per heavy atom. The Morgan fingerprint density at radius 2 is 1.74 bits per heavy atom. The Bertz CT molecular complexity index is 2050. The Hall–Kier alpha value is -4.77. The van der Waals surface area contributed by atoms with Crippen LogP contribution in [0.3, 0.4) is 0 Å². The molecule has 10 heteroatoms. The topological polar surface area (TPSA) is 91.8 Å². The number of aliphatic hydroxyl groups excluding tert-OH is 1. The molecule has 1 saturated heterocycles. The molecule has 3 aliphatic rings. The number of piperidine rings is 1. The summed E-state index contributed by atoms with van der Waals surface area (Å²) in [6, 6.07) is 21.7. The molecule has 4 aromatic rings. The summed E-state index contributed by atoms with van der Waals surface area (Å²) in [6.07, 6.45) is 15.8. The minimum atomic E-state index is -2.92. The van der Waals surface area contributed by atoms with Crippen LogP contribution in [0.4, 0.5) is 8.78 Å². The summed E-state index contributed by atoms with van der Waals surface area (Å²) in [5.41, 5.74) is 6.05. The molecule has 2 amide bonds. The van der Waals surface area contributed by atoms with Gasteiger partial charge in [0.2, 0.25) is 0 Å². The summed E-state index contributed by atoms with van der Waals surface area (Å²) >= 11 is 1.50. The van der Waals surface area contributed by atoms with Crippen molar-refractivity contribution >= 4 is 23.2 Å². The number of hydrogen-bond acceptors (Lipinski definition) is 6. The Morgan fingerprint density at radius 1 is 1.02 bits per heavy atom. The molecular formula is C47H53F2N3O4S. The van der Waals surface area contributed by atoms with Gasteiger partial charge in [-0.25, -0.2) is 13.8 Å². The summed E-state index contributed by atoms with van der Waals surface area (Å²) in [4.78, 5) is 33.1. The molecule has 3 aromatic carbocycles. The van der Waals surface area contributed by atoms with Gasteiger partial charge < -0.3 is 20.1 Å². The number of benzene rings is 3. The first-order chi connectivity index (χ1) is 27.4. The number of nitrogens with zero attached hydrogens (tertiary/aromatic N) is 2. The molecule has 300 valence electrons. The monoisotopic (exact) mass is 793 g/mol. The number of likely N-dealkylation sites (tertiary alicyclic amines) is 1. The minimum absolute atomic E-state index is 0.0123. The van der Waals surface area contributed by atoms with Gasteiger partial charge in [-0.15, -0.1) is 11.3 Å². The molecule has 2 heterocycles. The number of aromatic nitrogens is 1. The average molecular weight is 794 g/mol. The molecule has 2 N–H and O–H groups in total. The third kappa shape index (κ3) is 11.4. The highest BCUT2D eigenvalue weighted by Gasteiger charge is 2.41. The first-order valence-electron chi connectivity index (χ1n) is 19.8. The smallest absolute Gasteiger partial charge is 0.270 e. The van der Waals surface area contributed by atoms with Gasteiger partial charge in [0, 0.05) is 55.6 Å². The van der Waals surface area contributed by atoms with Gasteiger partial charge >= 0.3 is 0 Å². The number of alkyl halides is 2. The van der Waals surface area contributed by atoms with Gasteiger partial charge in [0.1, 0.15) is 5.69 Å². The van der Waals surface area contributed by atoms with Crippen LogP contribution in [0.25, 0.3) is 11.1 Å². The number of thiazole rings is 1. The Kier molecular flexibility index (Phi) is 14.0. The first kappa shape index (κ1) is 41.9. The lowest BCUT2D eigenvalue weighted by atomic mass is 9.68. The van der Waals surface area contributed by atoms with Gasteiger partial charge in [-0.3, -0.25) is 9.59 Å². The molecule has 1 aliphatic heterocycles. The number of allylic oxidation sites excluding steroid dienone is 4. The molecule has 0 unspecified atom stereocenters. The second kappa shape index (κ2) is 19.1. The van der Waals surface area contributed by atoms with Crippen molar-refractivity contribution in [1.82, 2.24) is 15.2 Å². The molecular weight excluding hydrogens is 741 g/mol. The zero-order valence-electron chi connectivity index (χ0n) is 33.1. The normalized spacial score (nSPS) is 19.5. The van der Waals surface area contributed by atoms with Gasteiger partial charge in [0.15, 0.2) is 0 Å². The second-order valence-electron chi connectivity index (χ2n) is 15.8. The predicted octanol–water partition coefficient (Wildman–Crippen LogP) is 9.83. The molecule has 2 fully saturated rings. The van der Waals surface area contributed by atoms with E-state index in [2.05, 4.69) is 61.7 Å². The van der Waals surface area contributed by atoms with Crippen molar-refractivity contribution < 1.29 is 28.2 Å². The number of carbonyl (C=O) groups excluding carboxylic acids is 2. The van der Waals surface area contributed by atoms with Crippen LogP contribution in [-0.4, -0.2) is 65.8 Å². The van der Waals surface area contributed by atoms with Crippen molar-refractivity contribution in [2.24, 2.45) is 5.41 Å². The van der Waals surface area contributed by atoms with E-state index in [0.29, 0.717) is 37.5 Å². The van der Waals surface area contributed by atoms with E-state index < -0.39 is 5.92 Å². The maximum absolute atomic E-state index is 13.7. The van der Waals surface area contributed by atoms with Crippen molar-refractivity contribution in [2.45, 2.75) is 77.2 Å². The third-order valence-corrected chi connectivity index (χ3v) is 11.9. The van der Waals surface area contributed by atoms with Gasteiger partial charge in [-0.1, -0.05) is 110 Å². The minimum Gasteiger partial charge on any atom is -0.396 e. The van der Waals surface area contributed by atoms with E-state index in [1.807, 2.05) is 40.6 Å². The van der Waals surface area contributed by atoms with E-state index in [1.165, 1.54) is 40.2 Å². The molecule has 7 nitrogen and oxygen atoms in total. The fourth-order valence-corrected chi connectivity index (χ4v) is 8.42. The molecule has 0 spiro atoms. The molecule has 57 heavy (non-hydrogen) atoms. The van der Waals surface area contributed by atoms with Crippen molar-refractivity contribution in [3.8, 4) is 11.1 Å². The summed E-state index contributed by atoms with van der Waals surface area (Å²) < 4.78 is 33.5. The van der Waals surface area contributed by atoms with E-state index in [9.17, 15) is 18.4 Å². The van der Waals surface area contributed by atoms with E-state index in [4.69, 9.17) is 14.8 Å². The third-order valence-electron chi connectivity index (χ3n) is 10.9. The van der Waals surface area contributed by atoms with Gasteiger partial charge in [0.05, 0.1) is 17.7 Å². The molecule has 1 aromatic heterocycles. The zero-order valence-corrected chi connectivity index (χ0v) is 33.9. The standard InChI is InChI=1S/C38H41F2N3O3S.C9H12O/c1-37(21-30(22-37)46-23-26-9-5-3-4-6-10-26)25-41-34(44)33-24-47-35(42-33)28-17-19-43(20-18-28)36(45)32-12-8-7-11-31(32)27-13-15-29(16-14-27)38(2,39)40;1-8-2-4-9(5-3-8)6-7-10/h3,5-16,24,28,30H,4,17-23,25H2,1-2H3,(H,41,44);2-5,10H,6-7H2,1H3. The maximum atomic E-state index is 13.7. The van der Waals surface area contributed by atoms with E-state index in [1.54, 1.807) is 18.2 Å². The van der Waals surface area contributed by atoms with Crippen molar-refractivity contribution in [3.05, 3.63) is 147 Å². The molecule has 0 bridgehead atoms. The highest BCUT2D eigenvalue weighted by atomic mass is 32.1. The van der Waals surface area contributed by atoms with E-state index in [-0.39, 0.29) is 41.4 Å². The lowest BCUT2D eigenvalue weighted by Gasteiger charge is -2.45. The predicted molar refractivity (Wildman–Crippen MR) is 224 cm³/mol. The van der Waals surface area contributed by atoms with Crippen LogP contribution in [0, 0.1) is 12.3 Å². The Labute approximate surface area is 339 Å². The fourth-order valence-electron chi connectivity index (χ4n) is 7.45. The molecule has 2 aliphatic carbocycles. The highest BCUT2D eigenvalue weighted by molar-refractivity contribution is 7.09. The summed E-state index contributed by atoms with van der Waals surface area (Å²) in [6.45, 7) is 7.70. The highest BCUT2D eigenvalue weighted by Crippen LogP contribution is 2.42. The first-order valence-corrected chi connectivity index (χ1v) is 20.7. The fraction of sp³-hybridized carbons (Fsp3) is 0.383. The number of ether oxygens (including phenoxy) is 1. The van der Waals surface area contributed by atoms with E-state index in [0.717, 1.165) is 61.6 Å². The SMILES string of the molecule is CC1(CNC(=O)c2csc(C3CCN(C(=O)c4ccccc4-c4ccc(C(C)(F)F)cc4)CC3)n2)CC(OCC2=CC=CCC=C2)C1.Cc1ccc(CCO)cc1. The number of carbonyl (C=O) groups is 2. The van der Waals surface area contributed by atoms with Crippen molar-refractivity contribution in [1.29, 1.82) is 0 Å². The van der Waals surface area contributed by atoms with Crippen LogP contribution in [-0.2, 0) is 17.1 Å². The van der Waals surface area contributed by atoms with Gasteiger partial charge in [0.25, 0.3) is 17.7 Å². The lowest BCUT2D eigenvalue weighted by molar-refractivity contribution is -0.0628. The van der Waals surface area contributed by atoms with E-state index >= 15 is 0 Å². The van der Waals surface area contributed by atoms with Crippen LogP contribution in [0.5, 0.6) is 0 Å². The zero-order chi connectivity index (χ0) is 40.4. The number of hydrogen-bond donors (Lipinski definition) is 2. The average Bonchev–Trinajstić information content (AvgIpc) is 3.56. The number of halogens is 2. The molecule has 7 rings (SSSR count). The summed E-state index contributed by atoms with van der Waals surface area (Å²) in [5.74, 6) is -2.97. The second-order valence-corrected chi connectivity index (χ2v) is 16.6. The number of amides is 2. The quantitative estimate of drug-likeness (QED) is 0.149. The van der Waals surface area contributed by atoms with Crippen molar-refractivity contribution in [2.75, 3.05) is 32.8 Å². The Balaban J connectivity index is 0.000000479. The molecule has 0 radical (unpaired) electrons. The van der Waals surface area contributed by atoms with Gasteiger partial charge in [-0.2, -0.15) is 0 Å². The number of rotatable bonds is 12. The molecule has 1 saturated carbocycles. The van der Waals surface area contributed by atoms with Crippen LogP contribution >= 0.6 is 11.3 Å². The number of aliphatic hydroxyl groups is 1. The summed E-state index contributed by atoms with van der Waals surface area (Å²) in [7, 11) is 0. The largest absolute Gasteiger partial charge is 0.396 e. The van der Waals surface area contributed by atoms with Gasteiger partial charge in [-0.05, 0) is 79.2 Å². The molecule has 0 atom stereocenters. The maximum Gasteiger partial charge on any atom is 0.270 e. The number of aryl methyl sites for hydroxylation is 1. The van der Waals surface area contributed by atoms with Crippen LogP contribution in [0.15, 0.2) is 114 Å². The van der Waals surface area contributed by atoms with Crippen LogP contribution in [0.2, 0.25) is 0 Å². The van der Waals surface area contributed by atoms with Crippen LogP contribution < -0.4 is 5.32 Å².